The Kier molecular flexibility index (Phi) is 5.40. The Hall–Kier alpha value is -3.00. The highest BCUT2D eigenvalue weighted by molar-refractivity contribution is 7.47. The van der Waals surface area contributed by atoms with Crippen molar-refractivity contribution in [3.63, 3.8) is 0 Å². The summed E-state index contributed by atoms with van der Waals surface area (Å²) in [6, 6.07) is 22.1. The highest BCUT2D eigenvalue weighted by Gasteiger charge is 2.91. The number of Topliss-reactive ketones (excluding diaryl/α,β-unsaturated/α-hetero) is 1. The number of piperidine rings is 1. The molecule has 7 unspecified atom stereocenters. The van der Waals surface area contributed by atoms with E-state index in [4.69, 9.17) is 13.8 Å². The fourth-order valence-electron chi connectivity index (χ4n) is 9.08. The number of aliphatic hydroxyl groups is 1. The third-order valence-electron chi connectivity index (χ3n) is 11.0. The van der Waals surface area contributed by atoms with Crippen molar-refractivity contribution in [2.24, 2.45) is 5.92 Å². The number of aryl methyl sites for hydroxylation is 1. The molecule has 4 fully saturated rings. The number of phosphoric ester groups is 1. The van der Waals surface area contributed by atoms with Gasteiger partial charge in [0.15, 0.2) is 23.4 Å². The molecule has 0 radical (unpaired) electrons. The fourth-order valence-corrected chi connectivity index (χ4v) is 9.89. The zero-order valence-electron chi connectivity index (χ0n) is 23.8. The first-order valence-corrected chi connectivity index (χ1v) is 16.9. The van der Waals surface area contributed by atoms with E-state index < -0.39 is 24.9 Å². The average Bonchev–Trinajstić information content (AvgIpc) is 3.85. The molecule has 4 aliphatic carbocycles. The molecule has 6 aliphatic rings. The molecule has 0 aromatic heterocycles. The molecule has 2 N–H and O–H groups in total. The summed E-state index contributed by atoms with van der Waals surface area (Å²) in [6.45, 7) is 1.01. The number of nitrogens with zero attached hydrogens (tertiary/aromatic N) is 1. The van der Waals surface area contributed by atoms with E-state index >= 15 is 0 Å². The van der Waals surface area contributed by atoms with Crippen molar-refractivity contribution in [3.05, 3.63) is 83.4 Å². The predicted octanol–water partition coefficient (Wildman–Crippen LogP) is 5.28. The van der Waals surface area contributed by atoms with Crippen molar-refractivity contribution in [3.8, 4) is 22.6 Å². The molecule has 43 heavy (non-hydrogen) atoms. The van der Waals surface area contributed by atoms with Crippen molar-refractivity contribution in [1.29, 1.82) is 0 Å². The van der Waals surface area contributed by atoms with Gasteiger partial charge in [-0.3, -0.25) is 19.1 Å². The fraction of sp³-hybridized carbons (Fsp3) is 0.441. The van der Waals surface area contributed by atoms with E-state index in [1.54, 1.807) is 6.07 Å². The number of benzene rings is 3. The number of carbonyl (C=O) groups is 1. The molecule has 2 aliphatic heterocycles. The lowest BCUT2D eigenvalue weighted by molar-refractivity contribution is -0.148. The van der Waals surface area contributed by atoms with Gasteiger partial charge in [-0.2, -0.15) is 0 Å². The molecule has 222 valence electrons. The Morgan fingerprint density at radius 1 is 1.02 bits per heavy atom. The molecule has 3 aromatic carbocycles. The van der Waals surface area contributed by atoms with E-state index in [2.05, 4.69) is 41.3 Å². The van der Waals surface area contributed by atoms with Crippen LogP contribution in [0.3, 0.4) is 0 Å². The van der Waals surface area contributed by atoms with E-state index in [9.17, 15) is 19.4 Å². The smallest absolute Gasteiger partial charge is 0.477 e. The zero-order chi connectivity index (χ0) is 29.2. The van der Waals surface area contributed by atoms with E-state index in [0.717, 1.165) is 34.4 Å². The summed E-state index contributed by atoms with van der Waals surface area (Å²) in [7, 11) is -4.48. The van der Waals surface area contributed by atoms with Crippen LogP contribution in [-0.4, -0.2) is 51.6 Å². The Morgan fingerprint density at radius 3 is 2.56 bits per heavy atom. The summed E-state index contributed by atoms with van der Waals surface area (Å²) in [5.41, 5.74) is 3.11. The lowest BCUT2D eigenvalue weighted by Crippen LogP contribution is -2.64. The summed E-state index contributed by atoms with van der Waals surface area (Å²) in [5, 5.41) is 12.3. The summed E-state index contributed by atoms with van der Waals surface area (Å²) in [6.07, 6.45) is 4.22. The van der Waals surface area contributed by atoms with Crippen LogP contribution in [0.25, 0.3) is 11.1 Å². The third kappa shape index (κ3) is 3.53. The second kappa shape index (κ2) is 8.80. The summed E-state index contributed by atoms with van der Waals surface area (Å²) in [4.78, 5) is 26.3. The number of ether oxygens (including phenoxy) is 1. The molecule has 7 atom stereocenters. The van der Waals surface area contributed by atoms with Gasteiger partial charge in [-0.25, -0.2) is 4.57 Å². The number of hydrogen-bond donors (Lipinski definition) is 2. The molecule has 3 aromatic rings. The highest BCUT2D eigenvalue weighted by Crippen LogP contribution is 2.82. The van der Waals surface area contributed by atoms with Crippen LogP contribution in [-0.2, 0) is 31.3 Å². The summed E-state index contributed by atoms with van der Waals surface area (Å²) >= 11 is 0. The van der Waals surface area contributed by atoms with Crippen molar-refractivity contribution < 1.29 is 33.1 Å². The van der Waals surface area contributed by atoms with Crippen molar-refractivity contribution in [2.75, 3.05) is 13.2 Å². The number of likely N-dealkylation sites (tertiary alicyclic amines) is 1. The van der Waals surface area contributed by atoms with Crippen LogP contribution < -0.4 is 9.26 Å². The monoisotopic (exact) mass is 599 g/mol. The van der Waals surface area contributed by atoms with Gasteiger partial charge in [0.2, 0.25) is 0 Å². The molecular weight excluding hydrogens is 565 g/mol. The van der Waals surface area contributed by atoms with E-state index in [1.807, 2.05) is 24.3 Å². The standard InChI is InChI=1S/C34H34NO7P/c36-26-16-17-34(37)31-33(35(31)19-22-8-9-22)20-32(34)28-25(33)14-15-27(29(28)41-30(26)32)42-43(38,39)40-18-4-5-21-10-12-24(13-11-21)23-6-2-1-3-7-23/h1-3,6-7,10-15,22,30-31,37H,4-5,8-9,16-20H2,(H,38,39). The Bertz CT molecular complexity index is 1710. The lowest BCUT2D eigenvalue weighted by atomic mass is 9.59. The Labute approximate surface area is 250 Å². The maximum absolute atomic E-state index is 13.2. The van der Waals surface area contributed by atoms with Crippen LogP contribution >= 0.6 is 7.82 Å². The second-order valence-corrected chi connectivity index (χ2v) is 14.7. The van der Waals surface area contributed by atoms with Gasteiger partial charge in [0.1, 0.15) is 0 Å². The minimum absolute atomic E-state index is 0.00756. The van der Waals surface area contributed by atoms with Crippen molar-refractivity contribution in [1.82, 2.24) is 4.90 Å². The number of phosphoric acid groups is 1. The number of carbonyl (C=O) groups excluding carboxylic acids is 1. The molecule has 0 amide bonds. The average molecular weight is 600 g/mol. The normalized spacial score (nSPS) is 35.2. The van der Waals surface area contributed by atoms with Crippen LogP contribution in [0, 0.1) is 5.92 Å². The van der Waals surface area contributed by atoms with E-state index in [-0.39, 0.29) is 36.1 Å². The van der Waals surface area contributed by atoms with Crippen LogP contribution in [0.2, 0.25) is 0 Å². The maximum atomic E-state index is 13.2. The van der Waals surface area contributed by atoms with Crippen molar-refractivity contribution >= 4 is 13.6 Å². The number of hydrogen-bond acceptors (Lipinski definition) is 7. The van der Waals surface area contributed by atoms with Gasteiger partial charge >= 0.3 is 7.82 Å². The predicted molar refractivity (Wildman–Crippen MR) is 158 cm³/mol. The quantitative estimate of drug-likeness (QED) is 0.184. The topological polar surface area (TPSA) is 105 Å². The molecule has 2 bridgehead atoms. The van der Waals surface area contributed by atoms with Crippen molar-refractivity contribution in [2.45, 2.75) is 73.6 Å². The highest BCUT2D eigenvalue weighted by atomic mass is 31.2. The van der Waals surface area contributed by atoms with Gasteiger partial charge in [0.25, 0.3) is 0 Å². The van der Waals surface area contributed by atoms with Gasteiger partial charge in [-0.1, -0.05) is 60.7 Å². The first-order chi connectivity index (χ1) is 20.8. The Balaban J connectivity index is 0.918. The third-order valence-corrected chi connectivity index (χ3v) is 12.0. The summed E-state index contributed by atoms with van der Waals surface area (Å²) < 4.78 is 30.3. The molecule has 9 heteroatoms. The lowest BCUT2D eigenvalue weighted by Gasteiger charge is -2.47. The molecule has 8 nitrogen and oxygen atoms in total. The van der Waals surface area contributed by atoms with E-state index in [0.29, 0.717) is 37.4 Å². The van der Waals surface area contributed by atoms with Crippen LogP contribution in [0.1, 0.15) is 55.2 Å². The second-order valence-electron chi connectivity index (χ2n) is 13.3. The number of rotatable bonds is 10. The van der Waals surface area contributed by atoms with Gasteiger partial charge < -0.3 is 14.4 Å². The minimum Gasteiger partial charge on any atom is -0.477 e. The Morgan fingerprint density at radius 2 is 1.79 bits per heavy atom. The van der Waals surface area contributed by atoms with Gasteiger partial charge in [0.05, 0.1) is 29.2 Å². The first kappa shape index (κ1) is 26.4. The number of fused-ring (bicyclic) bond motifs is 1. The molecule has 2 heterocycles. The molecule has 3 saturated carbocycles. The van der Waals surface area contributed by atoms with Crippen LogP contribution in [0.15, 0.2) is 66.7 Å². The largest absolute Gasteiger partial charge is 0.527 e. The maximum Gasteiger partial charge on any atom is 0.527 e. The van der Waals surface area contributed by atoms with Gasteiger partial charge in [-0.05, 0) is 72.8 Å². The molecule has 9 rings (SSSR count). The molecule has 1 saturated heterocycles. The first-order valence-electron chi connectivity index (χ1n) is 15.4. The molecular formula is C34H34NO7P. The number of ketones is 1. The van der Waals surface area contributed by atoms with Gasteiger partial charge in [0, 0.05) is 18.5 Å². The SMILES string of the molecule is O=C1CCC2(O)C3N(CC4CC4)C34CC23c2c4ccc(OP(=O)(O)OCCCc4ccc(-c5ccccc5)cc4)c2OC13. The minimum atomic E-state index is -4.48. The van der Waals surface area contributed by atoms with Crippen LogP contribution in [0.5, 0.6) is 11.5 Å². The van der Waals surface area contributed by atoms with E-state index in [1.165, 1.54) is 12.8 Å². The molecule has 2 spiro atoms. The van der Waals surface area contributed by atoms with Crippen LogP contribution in [0.4, 0.5) is 0 Å². The van der Waals surface area contributed by atoms with Gasteiger partial charge in [-0.15, -0.1) is 0 Å². The zero-order valence-corrected chi connectivity index (χ0v) is 24.7. The summed E-state index contributed by atoms with van der Waals surface area (Å²) in [5.74, 6) is 1.07.